The molecule has 4 rings (SSSR count). The van der Waals surface area contributed by atoms with Crippen LogP contribution < -0.4 is 9.64 Å². The fraction of sp³-hybridized carbons (Fsp3) is 0.308. The zero-order valence-corrected chi connectivity index (χ0v) is 21.0. The highest BCUT2D eigenvalue weighted by Crippen LogP contribution is 2.42. The Morgan fingerprint density at radius 1 is 1.03 bits per heavy atom. The molecule has 0 saturated carbocycles. The number of anilines is 1. The second-order valence-corrected chi connectivity index (χ2v) is 10.7. The Hall–Kier alpha value is -3.92. The highest BCUT2D eigenvalue weighted by Gasteiger charge is 2.53. The van der Waals surface area contributed by atoms with Crippen molar-refractivity contribution in [1.29, 1.82) is 0 Å². The first-order chi connectivity index (χ1) is 17.0. The summed E-state index contributed by atoms with van der Waals surface area (Å²) in [6, 6.07) is 12.5. The van der Waals surface area contributed by atoms with Crippen molar-refractivity contribution in [2.75, 3.05) is 11.5 Å². The van der Waals surface area contributed by atoms with Gasteiger partial charge < -0.3 is 9.84 Å². The molecule has 1 aliphatic rings. The number of rotatable bonds is 7. The topological polar surface area (TPSA) is 127 Å². The van der Waals surface area contributed by atoms with Crippen LogP contribution >= 0.6 is 11.3 Å². The molecule has 3 aromatic rings. The average Bonchev–Trinajstić information content (AvgIpc) is 3.37. The molecule has 0 aliphatic carbocycles. The van der Waals surface area contributed by atoms with Crippen molar-refractivity contribution in [2.24, 2.45) is 5.92 Å². The van der Waals surface area contributed by atoms with Crippen molar-refractivity contribution >= 4 is 39.9 Å². The van der Waals surface area contributed by atoms with Crippen LogP contribution in [0, 0.1) is 12.8 Å². The Bertz CT molecular complexity index is 1320. The molecule has 9 nitrogen and oxygen atoms in total. The van der Waals surface area contributed by atoms with E-state index in [-0.39, 0.29) is 21.9 Å². The van der Waals surface area contributed by atoms with Crippen molar-refractivity contribution in [3.63, 3.8) is 0 Å². The van der Waals surface area contributed by atoms with Gasteiger partial charge in [0, 0.05) is 5.56 Å². The van der Waals surface area contributed by atoms with Crippen LogP contribution in [0.1, 0.15) is 53.3 Å². The normalized spacial score (nSPS) is 17.9. The maximum Gasteiger partial charge on any atom is 0.341 e. The minimum absolute atomic E-state index is 0.102. The van der Waals surface area contributed by atoms with Crippen molar-refractivity contribution in [1.82, 2.24) is 10.2 Å². The molecular weight excluding hydrogens is 482 g/mol. The number of amides is 1. The fourth-order valence-electron chi connectivity index (χ4n) is 4.08. The molecule has 2 aromatic carbocycles. The minimum atomic E-state index is -1.28. The fourth-order valence-corrected chi connectivity index (χ4v) is 4.81. The van der Waals surface area contributed by atoms with Gasteiger partial charge in [-0.2, -0.15) is 0 Å². The summed E-state index contributed by atoms with van der Waals surface area (Å²) in [6.45, 7) is 7.46. The summed E-state index contributed by atoms with van der Waals surface area (Å²) in [5, 5.41) is 17.7. The number of ether oxygens (including phenoxy) is 1. The molecule has 1 amide bonds. The number of hydrogen-bond donors (Lipinski definition) is 1. The zero-order valence-electron chi connectivity index (χ0n) is 20.2. The predicted molar refractivity (Wildman–Crippen MR) is 132 cm³/mol. The molecule has 36 heavy (non-hydrogen) atoms. The smallest absolute Gasteiger partial charge is 0.341 e. The first kappa shape index (κ1) is 25.2. The third-order valence-corrected chi connectivity index (χ3v) is 6.77. The van der Waals surface area contributed by atoms with Crippen LogP contribution in [0.3, 0.4) is 0 Å². The monoisotopic (exact) mass is 507 g/mol. The molecule has 1 aliphatic heterocycles. The molecule has 186 valence electrons. The molecule has 0 bridgehead atoms. The van der Waals surface area contributed by atoms with Gasteiger partial charge in [-0.3, -0.25) is 19.3 Å². The second kappa shape index (κ2) is 9.62. The highest BCUT2D eigenvalue weighted by molar-refractivity contribution is 7.15. The highest BCUT2D eigenvalue weighted by atomic mass is 32.1. The maximum atomic E-state index is 13.6. The molecule has 2 atom stereocenters. The maximum absolute atomic E-state index is 13.6. The molecule has 0 radical (unpaired) electrons. The number of aliphatic carboxylic acids is 1. The Morgan fingerprint density at radius 2 is 1.67 bits per heavy atom. The first-order valence-electron chi connectivity index (χ1n) is 11.2. The van der Waals surface area contributed by atoms with E-state index >= 15 is 0 Å². The molecule has 2 unspecified atom stereocenters. The first-order valence-corrected chi connectivity index (χ1v) is 12.1. The quantitative estimate of drug-likeness (QED) is 0.291. The van der Waals surface area contributed by atoms with Gasteiger partial charge in [-0.1, -0.05) is 56.4 Å². The van der Waals surface area contributed by atoms with E-state index in [1.807, 2.05) is 24.3 Å². The van der Waals surface area contributed by atoms with Crippen LogP contribution in [0.4, 0.5) is 5.13 Å². The number of Topliss-reactive ketones (excluding diaryl/α,β-unsaturated/α-hetero) is 2. The number of hydrogen-bond acceptors (Lipinski definition) is 8. The lowest BCUT2D eigenvalue weighted by Gasteiger charge is -2.26. The number of aromatic nitrogens is 2. The largest absolute Gasteiger partial charge is 0.482 e. The second-order valence-electron chi connectivity index (χ2n) is 9.51. The van der Waals surface area contributed by atoms with Crippen LogP contribution in [-0.4, -0.2) is 45.4 Å². The number of aryl methyl sites for hydroxylation is 1. The van der Waals surface area contributed by atoms with Gasteiger partial charge in [0.05, 0.1) is 6.04 Å². The average molecular weight is 508 g/mol. The van der Waals surface area contributed by atoms with Gasteiger partial charge in [-0.15, -0.1) is 10.2 Å². The lowest BCUT2D eigenvalue weighted by molar-refractivity contribution is -0.139. The van der Waals surface area contributed by atoms with E-state index in [1.54, 1.807) is 6.92 Å². The van der Waals surface area contributed by atoms with Gasteiger partial charge in [0.15, 0.2) is 12.4 Å². The Balaban J connectivity index is 1.74. The molecular formula is C26H25N3O6S. The third-order valence-electron chi connectivity index (χ3n) is 5.93. The lowest BCUT2D eigenvalue weighted by atomic mass is 9.83. The summed E-state index contributed by atoms with van der Waals surface area (Å²) < 4.78 is 5.12. The standard InChI is InChI=1S/C26H25N3O6S/c1-14-27-28-25(36-14)29-21(15-5-9-17(10-6-15)26(2,3)4)20(23(33)24(29)34)22(32)16-7-11-18(12-8-16)35-13-19(30)31/h5-12,20-21H,13H2,1-4H3,(H,30,31). The van der Waals surface area contributed by atoms with E-state index in [4.69, 9.17) is 9.84 Å². The van der Waals surface area contributed by atoms with Crippen LogP contribution in [0.5, 0.6) is 5.75 Å². The molecule has 1 N–H and O–H groups in total. The van der Waals surface area contributed by atoms with Gasteiger partial charge in [-0.25, -0.2) is 4.79 Å². The van der Waals surface area contributed by atoms with Gasteiger partial charge in [0.2, 0.25) is 10.9 Å². The predicted octanol–water partition coefficient (Wildman–Crippen LogP) is 3.76. The number of benzene rings is 2. The summed E-state index contributed by atoms with van der Waals surface area (Å²) in [5.41, 5.74) is 1.81. The number of carbonyl (C=O) groups excluding carboxylic acids is 3. The van der Waals surface area contributed by atoms with Crippen molar-refractivity contribution in [3.05, 3.63) is 70.2 Å². The summed E-state index contributed by atoms with van der Waals surface area (Å²) in [6.07, 6.45) is 0. The van der Waals surface area contributed by atoms with Gasteiger partial charge in [0.1, 0.15) is 16.7 Å². The van der Waals surface area contributed by atoms with E-state index in [1.165, 1.54) is 40.5 Å². The SMILES string of the molecule is Cc1nnc(N2C(=O)C(=O)C(C(=O)c3ccc(OCC(=O)O)cc3)C2c2ccc(C(C)(C)C)cc2)s1. The van der Waals surface area contributed by atoms with Crippen molar-refractivity contribution < 1.29 is 29.0 Å². The summed E-state index contributed by atoms with van der Waals surface area (Å²) in [7, 11) is 0. The van der Waals surface area contributed by atoms with Crippen LogP contribution in [0.15, 0.2) is 48.5 Å². The van der Waals surface area contributed by atoms with E-state index < -0.39 is 42.0 Å². The van der Waals surface area contributed by atoms with Crippen molar-refractivity contribution in [3.8, 4) is 5.75 Å². The number of carboxylic acid groups (broad SMARTS) is 1. The summed E-state index contributed by atoms with van der Waals surface area (Å²) in [5.74, 6) is -4.29. The van der Waals surface area contributed by atoms with E-state index in [0.717, 1.165) is 5.56 Å². The molecule has 10 heteroatoms. The minimum Gasteiger partial charge on any atom is -0.482 e. The Morgan fingerprint density at radius 3 is 2.19 bits per heavy atom. The molecule has 1 aromatic heterocycles. The number of ketones is 2. The molecule has 1 fully saturated rings. The summed E-state index contributed by atoms with van der Waals surface area (Å²) in [4.78, 5) is 52.0. The molecule has 0 spiro atoms. The summed E-state index contributed by atoms with van der Waals surface area (Å²) >= 11 is 1.17. The lowest BCUT2D eigenvalue weighted by Crippen LogP contribution is -2.30. The van der Waals surface area contributed by atoms with Crippen LogP contribution in [0.25, 0.3) is 0 Å². The van der Waals surface area contributed by atoms with E-state index in [9.17, 15) is 19.2 Å². The molecule has 1 saturated heterocycles. The van der Waals surface area contributed by atoms with Crippen LogP contribution in [0.2, 0.25) is 0 Å². The third kappa shape index (κ3) is 4.90. The number of carboxylic acids is 1. The zero-order chi connectivity index (χ0) is 26.2. The van der Waals surface area contributed by atoms with Crippen molar-refractivity contribution in [2.45, 2.75) is 39.2 Å². The van der Waals surface area contributed by atoms with Gasteiger partial charge in [-0.05, 0) is 47.7 Å². The Labute approximate surface area is 211 Å². The van der Waals surface area contributed by atoms with Crippen LogP contribution in [-0.2, 0) is 19.8 Å². The van der Waals surface area contributed by atoms with E-state index in [0.29, 0.717) is 10.6 Å². The number of carbonyl (C=O) groups is 4. The van der Waals surface area contributed by atoms with E-state index in [2.05, 4.69) is 31.0 Å². The van der Waals surface area contributed by atoms with Gasteiger partial charge >= 0.3 is 5.97 Å². The molecule has 2 heterocycles. The number of nitrogens with zero attached hydrogens (tertiary/aromatic N) is 3. The van der Waals surface area contributed by atoms with Gasteiger partial charge in [0.25, 0.3) is 5.91 Å². The Kier molecular flexibility index (Phi) is 6.73.